The molecule has 0 amide bonds. The number of aryl methyl sites for hydroxylation is 2. The lowest BCUT2D eigenvalue weighted by molar-refractivity contribution is 1.38. The zero-order valence-electron chi connectivity index (χ0n) is 9.42. The monoisotopic (exact) mass is 231 g/mol. The van der Waals surface area contributed by atoms with Crippen LogP contribution in [0.5, 0.6) is 0 Å². The first-order valence-corrected chi connectivity index (χ1v) is 5.59. The van der Waals surface area contributed by atoms with Gasteiger partial charge >= 0.3 is 0 Å². The van der Waals surface area contributed by atoms with Gasteiger partial charge in [-0.2, -0.15) is 0 Å². The van der Waals surface area contributed by atoms with Gasteiger partial charge in [0.15, 0.2) is 0 Å². The molecule has 0 radical (unpaired) electrons. The molecule has 16 heavy (non-hydrogen) atoms. The average Bonchev–Trinajstić information content (AvgIpc) is 2.20. The van der Waals surface area contributed by atoms with Crippen LogP contribution >= 0.6 is 11.6 Å². The third kappa shape index (κ3) is 1.91. The van der Waals surface area contributed by atoms with Gasteiger partial charge < -0.3 is 5.73 Å². The molecule has 0 bridgehead atoms. The van der Waals surface area contributed by atoms with Crippen LogP contribution in [-0.4, -0.2) is 0 Å². The summed E-state index contributed by atoms with van der Waals surface area (Å²) < 4.78 is 0. The molecule has 2 N–H and O–H groups in total. The number of nitrogens with two attached hydrogens (primary N) is 1. The Balaban J connectivity index is 2.68. The van der Waals surface area contributed by atoms with Gasteiger partial charge in [-0.3, -0.25) is 0 Å². The van der Waals surface area contributed by atoms with Gasteiger partial charge in [-0.25, -0.2) is 0 Å². The zero-order chi connectivity index (χ0) is 11.7. The summed E-state index contributed by atoms with van der Waals surface area (Å²) in [4.78, 5) is 0. The van der Waals surface area contributed by atoms with Crippen molar-refractivity contribution < 1.29 is 0 Å². The smallest absolute Gasteiger partial charge is 0.0426 e. The molecule has 0 heterocycles. The predicted molar refractivity (Wildman–Crippen MR) is 70.8 cm³/mol. The highest BCUT2D eigenvalue weighted by Crippen LogP contribution is 2.32. The van der Waals surface area contributed by atoms with Crippen LogP contribution in [0.25, 0.3) is 11.1 Å². The molecule has 2 aromatic carbocycles. The second-order valence-electron chi connectivity index (χ2n) is 4.00. The van der Waals surface area contributed by atoms with Gasteiger partial charge in [-0.05, 0) is 42.7 Å². The third-order valence-corrected chi connectivity index (χ3v) is 3.00. The van der Waals surface area contributed by atoms with Crippen molar-refractivity contribution in [2.45, 2.75) is 13.8 Å². The van der Waals surface area contributed by atoms with Crippen LogP contribution in [-0.2, 0) is 0 Å². The van der Waals surface area contributed by atoms with Gasteiger partial charge in [0.25, 0.3) is 0 Å². The summed E-state index contributed by atoms with van der Waals surface area (Å²) in [6.07, 6.45) is 0. The molecule has 82 valence electrons. The highest BCUT2D eigenvalue weighted by molar-refractivity contribution is 6.31. The lowest BCUT2D eigenvalue weighted by Gasteiger charge is -2.12. The van der Waals surface area contributed by atoms with E-state index in [-0.39, 0.29) is 0 Å². The fourth-order valence-electron chi connectivity index (χ4n) is 2.00. The Morgan fingerprint density at radius 3 is 2.19 bits per heavy atom. The standard InChI is InChI=1S/C14H14ClN/c1-9-4-3-5-10(2)14(9)12-7-6-11(15)8-13(12)16/h3-8H,16H2,1-2H3. The minimum absolute atomic E-state index is 0.674. The Morgan fingerprint density at radius 2 is 1.62 bits per heavy atom. The van der Waals surface area contributed by atoms with Gasteiger partial charge in [0.2, 0.25) is 0 Å². The van der Waals surface area contributed by atoms with Gasteiger partial charge in [0, 0.05) is 16.3 Å². The summed E-state index contributed by atoms with van der Waals surface area (Å²) in [6, 6.07) is 11.9. The lowest BCUT2D eigenvalue weighted by atomic mass is 9.95. The third-order valence-electron chi connectivity index (χ3n) is 2.76. The predicted octanol–water partition coefficient (Wildman–Crippen LogP) is 4.21. The van der Waals surface area contributed by atoms with Crippen molar-refractivity contribution in [2.24, 2.45) is 0 Å². The number of nitrogen functional groups attached to an aromatic ring is 1. The van der Waals surface area contributed by atoms with E-state index in [4.69, 9.17) is 17.3 Å². The molecular formula is C14H14ClN. The molecule has 2 aromatic rings. The molecule has 0 unspecified atom stereocenters. The number of halogens is 1. The zero-order valence-corrected chi connectivity index (χ0v) is 10.2. The quantitative estimate of drug-likeness (QED) is 0.732. The van der Waals surface area contributed by atoms with Crippen LogP contribution in [0.1, 0.15) is 11.1 Å². The minimum atomic E-state index is 0.674. The SMILES string of the molecule is Cc1cccc(C)c1-c1ccc(Cl)cc1N. The summed E-state index contributed by atoms with van der Waals surface area (Å²) in [5.41, 5.74) is 11.5. The van der Waals surface area contributed by atoms with Crippen molar-refractivity contribution in [2.75, 3.05) is 5.73 Å². The van der Waals surface area contributed by atoms with E-state index in [2.05, 4.69) is 32.0 Å². The Hall–Kier alpha value is -1.47. The van der Waals surface area contributed by atoms with Crippen molar-refractivity contribution in [3.63, 3.8) is 0 Å². The maximum absolute atomic E-state index is 6.01. The number of benzene rings is 2. The van der Waals surface area contributed by atoms with Crippen molar-refractivity contribution in [3.05, 3.63) is 52.5 Å². The molecule has 0 saturated heterocycles. The number of hydrogen-bond donors (Lipinski definition) is 1. The summed E-state index contributed by atoms with van der Waals surface area (Å²) in [5, 5.41) is 0.674. The Bertz CT molecular complexity index is 512. The van der Waals surface area contributed by atoms with E-state index in [0.717, 1.165) is 11.3 Å². The summed E-state index contributed by atoms with van der Waals surface area (Å²) in [5.74, 6) is 0. The van der Waals surface area contributed by atoms with E-state index >= 15 is 0 Å². The van der Waals surface area contributed by atoms with Crippen LogP contribution in [0.3, 0.4) is 0 Å². The molecule has 2 rings (SSSR count). The first-order chi connectivity index (χ1) is 7.59. The van der Waals surface area contributed by atoms with E-state index in [9.17, 15) is 0 Å². The highest BCUT2D eigenvalue weighted by atomic mass is 35.5. The van der Waals surface area contributed by atoms with Crippen LogP contribution in [0, 0.1) is 13.8 Å². The normalized spacial score (nSPS) is 10.4. The van der Waals surface area contributed by atoms with Crippen molar-refractivity contribution in [1.29, 1.82) is 0 Å². The van der Waals surface area contributed by atoms with Crippen LogP contribution in [0.2, 0.25) is 5.02 Å². The van der Waals surface area contributed by atoms with Crippen LogP contribution < -0.4 is 5.73 Å². The molecule has 1 nitrogen and oxygen atoms in total. The first-order valence-electron chi connectivity index (χ1n) is 5.21. The van der Waals surface area contributed by atoms with E-state index in [1.165, 1.54) is 16.7 Å². The van der Waals surface area contributed by atoms with Gasteiger partial charge in [-0.15, -0.1) is 0 Å². The highest BCUT2D eigenvalue weighted by Gasteiger charge is 2.08. The Kier molecular flexibility index (Phi) is 2.88. The fourth-order valence-corrected chi connectivity index (χ4v) is 2.18. The topological polar surface area (TPSA) is 26.0 Å². The Morgan fingerprint density at radius 1 is 1.00 bits per heavy atom. The van der Waals surface area contributed by atoms with E-state index in [1.54, 1.807) is 6.07 Å². The second kappa shape index (κ2) is 4.18. The second-order valence-corrected chi connectivity index (χ2v) is 4.43. The molecule has 0 aromatic heterocycles. The van der Waals surface area contributed by atoms with E-state index in [1.807, 2.05) is 12.1 Å². The molecular weight excluding hydrogens is 218 g/mol. The van der Waals surface area contributed by atoms with Gasteiger partial charge in [-0.1, -0.05) is 35.9 Å². The molecule has 2 heteroatoms. The summed E-state index contributed by atoms with van der Waals surface area (Å²) >= 11 is 5.90. The van der Waals surface area contributed by atoms with Gasteiger partial charge in [0.1, 0.15) is 0 Å². The largest absolute Gasteiger partial charge is 0.398 e. The molecule has 0 spiro atoms. The minimum Gasteiger partial charge on any atom is -0.398 e. The average molecular weight is 232 g/mol. The number of rotatable bonds is 1. The maximum atomic E-state index is 6.01. The molecule has 0 saturated carbocycles. The molecule has 0 aliphatic heterocycles. The maximum Gasteiger partial charge on any atom is 0.0426 e. The summed E-state index contributed by atoms with van der Waals surface area (Å²) in [6.45, 7) is 4.19. The lowest BCUT2D eigenvalue weighted by Crippen LogP contribution is -1.93. The van der Waals surface area contributed by atoms with Crippen molar-refractivity contribution in [1.82, 2.24) is 0 Å². The number of hydrogen-bond acceptors (Lipinski definition) is 1. The number of anilines is 1. The molecule has 0 aliphatic carbocycles. The summed E-state index contributed by atoms with van der Waals surface area (Å²) in [7, 11) is 0. The van der Waals surface area contributed by atoms with Crippen LogP contribution in [0.4, 0.5) is 5.69 Å². The van der Waals surface area contributed by atoms with Gasteiger partial charge in [0.05, 0.1) is 0 Å². The molecule has 0 atom stereocenters. The first kappa shape index (κ1) is 11.0. The van der Waals surface area contributed by atoms with E-state index in [0.29, 0.717) is 5.02 Å². The molecule has 0 aliphatic rings. The van der Waals surface area contributed by atoms with Crippen LogP contribution in [0.15, 0.2) is 36.4 Å². The Labute approximate surface area is 101 Å². The molecule has 0 fully saturated rings. The van der Waals surface area contributed by atoms with Crippen molar-refractivity contribution >= 4 is 17.3 Å². The fraction of sp³-hybridized carbons (Fsp3) is 0.143. The van der Waals surface area contributed by atoms with E-state index < -0.39 is 0 Å². The van der Waals surface area contributed by atoms with Crippen molar-refractivity contribution in [3.8, 4) is 11.1 Å².